The van der Waals surface area contributed by atoms with E-state index in [1.54, 1.807) is 13.4 Å². The summed E-state index contributed by atoms with van der Waals surface area (Å²) in [4.78, 5) is 2.33. The van der Waals surface area contributed by atoms with Crippen LogP contribution in [-0.2, 0) is 11.3 Å². The lowest BCUT2D eigenvalue weighted by atomic mass is 10.2. The minimum atomic E-state index is 0.502. The summed E-state index contributed by atoms with van der Waals surface area (Å²) in [7, 11) is 3.89. The maximum Gasteiger partial charge on any atom is 0.105 e. The summed E-state index contributed by atoms with van der Waals surface area (Å²) in [6.45, 7) is 8.01. The van der Waals surface area contributed by atoms with Crippen molar-refractivity contribution in [2.75, 3.05) is 33.9 Å². The Labute approximate surface area is 110 Å². The summed E-state index contributed by atoms with van der Waals surface area (Å²) < 4.78 is 10.3. The van der Waals surface area contributed by atoms with E-state index >= 15 is 0 Å². The first-order valence-electron chi connectivity index (χ1n) is 6.58. The highest BCUT2D eigenvalue weighted by atomic mass is 16.5. The van der Waals surface area contributed by atoms with Crippen molar-refractivity contribution in [1.29, 1.82) is 0 Å². The molecular weight excluding hydrogens is 228 g/mol. The fourth-order valence-electron chi connectivity index (χ4n) is 1.81. The Morgan fingerprint density at radius 3 is 2.89 bits per heavy atom. The third-order valence-corrected chi connectivity index (χ3v) is 3.28. The lowest BCUT2D eigenvalue weighted by Gasteiger charge is -2.24. The molecule has 0 amide bonds. The Morgan fingerprint density at radius 1 is 1.50 bits per heavy atom. The molecule has 4 heteroatoms. The lowest BCUT2D eigenvalue weighted by Crippen LogP contribution is -2.38. The van der Waals surface area contributed by atoms with Crippen LogP contribution >= 0.6 is 0 Å². The highest BCUT2D eigenvalue weighted by Crippen LogP contribution is 2.12. The molecule has 1 rings (SSSR count). The van der Waals surface area contributed by atoms with Gasteiger partial charge in [0.25, 0.3) is 0 Å². The molecule has 1 aromatic heterocycles. The number of furan rings is 1. The average molecular weight is 254 g/mol. The van der Waals surface area contributed by atoms with Crippen molar-refractivity contribution in [3.05, 3.63) is 23.7 Å². The second-order valence-electron chi connectivity index (χ2n) is 4.82. The van der Waals surface area contributed by atoms with Crippen molar-refractivity contribution in [2.45, 2.75) is 32.9 Å². The zero-order chi connectivity index (χ0) is 13.4. The molecule has 0 spiro atoms. The van der Waals surface area contributed by atoms with E-state index in [9.17, 15) is 0 Å². The molecule has 4 nitrogen and oxygen atoms in total. The van der Waals surface area contributed by atoms with E-state index in [1.807, 2.05) is 13.0 Å². The first-order chi connectivity index (χ1) is 8.65. The third kappa shape index (κ3) is 5.21. The van der Waals surface area contributed by atoms with E-state index in [-0.39, 0.29) is 0 Å². The molecule has 0 aliphatic carbocycles. The molecule has 0 aromatic carbocycles. The number of rotatable bonds is 9. The van der Waals surface area contributed by atoms with Gasteiger partial charge in [-0.25, -0.2) is 0 Å². The van der Waals surface area contributed by atoms with Crippen LogP contribution in [0.4, 0.5) is 0 Å². The molecule has 0 bridgehead atoms. The van der Waals surface area contributed by atoms with Crippen molar-refractivity contribution in [3.8, 4) is 0 Å². The zero-order valence-electron chi connectivity index (χ0n) is 12.0. The van der Waals surface area contributed by atoms with Gasteiger partial charge in [0.05, 0.1) is 6.26 Å². The summed E-state index contributed by atoms with van der Waals surface area (Å²) in [5, 5.41) is 3.45. The van der Waals surface area contributed by atoms with Crippen molar-refractivity contribution in [2.24, 2.45) is 0 Å². The van der Waals surface area contributed by atoms with E-state index in [0.29, 0.717) is 6.04 Å². The standard InChI is InChI=1S/C14H26N2O2/c1-12(10-15-7-5-8-17-4)16(3)11-14-6-9-18-13(14)2/h6,9,12,15H,5,7-8,10-11H2,1-4H3. The molecule has 0 fully saturated rings. The summed E-state index contributed by atoms with van der Waals surface area (Å²) >= 11 is 0. The summed E-state index contributed by atoms with van der Waals surface area (Å²) in [6, 6.07) is 2.55. The number of hydrogen-bond acceptors (Lipinski definition) is 4. The van der Waals surface area contributed by atoms with Crippen LogP contribution < -0.4 is 5.32 Å². The van der Waals surface area contributed by atoms with Gasteiger partial charge in [0, 0.05) is 38.4 Å². The highest BCUT2D eigenvalue weighted by Gasteiger charge is 2.11. The number of ether oxygens (including phenoxy) is 1. The highest BCUT2D eigenvalue weighted by molar-refractivity contribution is 5.15. The molecule has 1 atom stereocenters. The van der Waals surface area contributed by atoms with Gasteiger partial charge in [-0.1, -0.05) is 0 Å². The average Bonchev–Trinajstić information content (AvgIpc) is 2.74. The van der Waals surface area contributed by atoms with Gasteiger partial charge in [-0.15, -0.1) is 0 Å². The Kier molecular flexibility index (Phi) is 7.01. The van der Waals surface area contributed by atoms with Crippen LogP contribution in [0.25, 0.3) is 0 Å². The molecule has 0 saturated heterocycles. The number of likely N-dealkylation sites (N-methyl/N-ethyl adjacent to an activating group) is 1. The Bertz CT molecular complexity index is 325. The van der Waals surface area contributed by atoms with Crippen molar-refractivity contribution >= 4 is 0 Å². The summed E-state index contributed by atoms with van der Waals surface area (Å²) in [5.41, 5.74) is 1.27. The van der Waals surface area contributed by atoms with Crippen LogP contribution in [-0.4, -0.2) is 44.8 Å². The molecule has 0 saturated carbocycles. The van der Waals surface area contributed by atoms with Crippen LogP contribution in [0.15, 0.2) is 16.7 Å². The van der Waals surface area contributed by atoms with Gasteiger partial charge in [-0.3, -0.25) is 4.90 Å². The van der Waals surface area contributed by atoms with Gasteiger partial charge >= 0.3 is 0 Å². The summed E-state index contributed by atoms with van der Waals surface area (Å²) in [6.07, 6.45) is 2.82. The van der Waals surface area contributed by atoms with E-state index < -0.39 is 0 Å². The minimum absolute atomic E-state index is 0.502. The lowest BCUT2D eigenvalue weighted by molar-refractivity contribution is 0.191. The van der Waals surface area contributed by atoms with Gasteiger partial charge in [-0.2, -0.15) is 0 Å². The van der Waals surface area contributed by atoms with Gasteiger partial charge in [0.2, 0.25) is 0 Å². The molecule has 18 heavy (non-hydrogen) atoms. The topological polar surface area (TPSA) is 37.6 Å². The number of aryl methyl sites for hydroxylation is 1. The van der Waals surface area contributed by atoms with Crippen LogP contribution in [0, 0.1) is 6.92 Å². The fraction of sp³-hybridized carbons (Fsp3) is 0.714. The van der Waals surface area contributed by atoms with Crippen molar-refractivity contribution in [3.63, 3.8) is 0 Å². The van der Waals surface area contributed by atoms with Gasteiger partial charge in [-0.05, 0) is 39.9 Å². The quantitative estimate of drug-likeness (QED) is 0.684. The Balaban J connectivity index is 2.20. The summed E-state index contributed by atoms with van der Waals surface area (Å²) in [5.74, 6) is 1.02. The van der Waals surface area contributed by atoms with Crippen LogP contribution in [0.1, 0.15) is 24.7 Å². The molecular formula is C14H26N2O2. The van der Waals surface area contributed by atoms with Crippen LogP contribution in [0.5, 0.6) is 0 Å². The van der Waals surface area contributed by atoms with Crippen LogP contribution in [0.3, 0.4) is 0 Å². The number of methoxy groups -OCH3 is 1. The van der Waals surface area contributed by atoms with Gasteiger partial charge in [0.1, 0.15) is 5.76 Å². The number of nitrogens with zero attached hydrogens (tertiary/aromatic N) is 1. The van der Waals surface area contributed by atoms with E-state index in [1.165, 1.54) is 5.56 Å². The molecule has 104 valence electrons. The molecule has 0 aliphatic heterocycles. The second-order valence-corrected chi connectivity index (χ2v) is 4.82. The van der Waals surface area contributed by atoms with Crippen molar-refractivity contribution in [1.82, 2.24) is 10.2 Å². The molecule has 1 heterocycles. The zero-order valence-corrected chi connectivity index (χ0v) is 12.0. The molecule has 1 N–H and O–H groups in total. The van der Waals surface area contributed by atoms with Crippen molar-refractivity contribution < 1.29 is 9.15 Å². The van der Waals surface area contributed by atoms with Crippen LogP contribution in [0.2, 0.25) is 0 Å². The number of nitrogens with one attached hydrogen (secondary N) is 1. The maximum atomic E-state index is 5.31. The van der Waals surface area contributed by atoms with Gasteiger partial charge < -0.3 is 14.5 Å². The smallest absolute Gasteiger partial charge is 0.105 e. The van der Waals surface area contributed by atoms with E-state index in [4.69, 9.17) is 9.15 Å². The maximum absolute atomic E-state index is 5.31. The predicted octanol–water partition coefficient (Wildman–Crippen LogP) is 2.03. The normalized spacial score (nSPS) is 13.2. The largest absolute Gasteiger partial charge is 0.469 e. The van der Waals surface area contributed by atoms with E-state index in [2.05, 4.69) is 24.2 Å². The first kappa shape index (κ1) is 15.2. The van der Waals surface area contributed by atoms with Gasteiger partial charge in [0.15, 0.2) is 0 Å². The minimum Gasteiger partial charge on any atom is -0.469 e. The predicted molar refractivity (Wildman–Crippen MR) is 73.7 cm³/mol. The Morgan fingerprint density at radius 2 is 2.28 bits per heavy atom. The first-order valence-corrected chi connectivity index (χ1v) is 6.58. The molecule has 1 aromatic rings. The molecule has 1 unspecified atom stereocenters. The SMILES string of the molecule is COCCCNCC(C)N(C)Cc1ccoc1C. The third-order valence-electron chi connectivity index (χ3n) is 3.28. The second kappa shape index (κ2) is 8.29. The van der Waals surface area contributed by atoms with E-state index in [0.717, 1.165) is 38.4 Å². The molecule has 0 radical (unpaired) electrons. The fourth-order valence-corrected chi connectivity index (χ4v) is 1.81. The number of hydrogen-bond donors (Lipinski definition) is 1. The molecule has 0 aliphatic rings. The monoisotopic (exact) mass is 254 g/mol. The Hall–Kier alpha value is -0.840.